The smallest absolute Gasteiger partial charge is 0.412 e. The maximum atomic E-state index is 12.4. The largest absolute Gasteiger partial charge is 0.436 e. The van der Waals surface area contributed by atoms with Crippen LogP contribution in [0.1, 0.15) is 22.9 Å². The lowest BCUT2D eigenvalue weighted by Crippen LogP contribution is -2.18. The van der Waals surface area contributed by atoms with E-state index in [1.165, 1.54) is 12.3 Å². The number of ether oxygens (including phenoxy) is 1. The summed E-state index contributed by atoms with van der Waals surface area (Å²) in [7, 11) is 0. The normalized spacial score (nSPS) is 13.0. The molecule has 3 aromatic rings. The number of rotatable bonds is 3. The zero-order valence-corrected chi connectivity index (χ0v) is 14.2. The molecule has 1 heterocycles. The van der Waals surface area contributed by atoms with Crippen LogP contribution in [-0.2, 0) is 4.74 Å². The van der Waals surface area contributed by atoms with E-state index in [1.54, 1.807) is 6.07 Å². The van der Waals surface area contributed by atoms with E-state index >= 15 is 0 Å². The van der Waals surface area contributed by atoms with Gasteiger partial charge in [-0.15, -0.1) is 0 Å². The molecule has 0 saturated carbocycles. The van der Waals surface area contributed by atoms with Crippen LogP contribution in [0, 0.1) is 0 Å². The molecule has 7 heteroatoms. The summed E-state index contributed by atoms with van der Waals surface area (Å²) in [5.74, 6) is -0.108. The fraction of sp³-hybridized carbons (Fsp3) is 0.0500. The minimum absolute atomic E-state index is 0.108. The third-order valence-corrected chi connectivity index (χ3v) is 4.38. The van der Waals surface area contributed by atoms with Gasteiger partial charge >= 0.3 is 6.09 Å². The second kappa shape index (κ2) is 6.80. The van der Waals surface area contributed by atoms with Crippen LogP contribution in [0.4, 0.5) is 10.5 Å². The van der Waals surface area contributed by atoms with Crippen molar-refractivity contribution in [2.24, 2.45) is 10.9 Å². The zero-order valence-electron chi connectivity index (χ0n) is 14.2. The van der Waals surface area contributed by atoms with Crippen LogP contribution in [0.15, 0.2) is 72.0 Å². The number of nitrogens with one attached hydrogen (secondary N) is 1. The Kier molecular flexibility index (Phi) is 4.18. The van der Waals surface area contributed by atoms with E-state index in [-0.39, 0.29) is 5.84 Å². The van der Waals surface area contributed by atoms with Gasteiger partial charge in [-0.2, -0.15) is 0 Å². The van der Waals surface area contributed by atoms with E-state index in [0.717, 1.165) is 22.3 Å². The number of pyridine rings is 1. The van der Waals surface area contributed by atoms with Crippen molar-refractivity contribution >= 4 is 17.6 Å². The number of hydrogen-bond donors (Lipinski definition) is 3. The van der Waals surface area contributed by atoms with Crippen molar-refractivity contribution in [3.63, 3.8) is 0 Å². The van der Waals surface area contributed by atoms with Crippen LogP contribution < -0.4 is 11.1 Å². The number of nitrogens with two attached hydrogens (primary N) is 1. The van der Waals surface area contributed by atoms with Gasteiger partial charge in [-0.25, -0.2) is 4.79 Å². The molecule has 27 heavy (non-hydrogen) atoms. The number of benzene rings is 2. The number of nitrogens with zero attached hydrogens (tertiary/aromatic N) is 2. The number of fused-ring (bicyclic) bond motifs is 3. The standard InChI is InChI=1S/C20H16N4O3/c21-19(24-26)17-10-9-12(11-22-17)23-20(25)27-18-15-7-3-1-5-13(15)14-6-2-4-8-16(14)18/h1-11,18,26H,(H2,21,24)(H,23,25). The third kappa shape index (κ3) is 3.06. The van der Waals surface area contributed by atoms with Crippen molar-refractivity contribution in [1.82, 2.24) is 4.98 Å². The monoisotopic (exact) mass is 360 g/mol. The average molecular weight is 360 g/mol. The van der Waals surface area contributed by atoms with Crippen molar-refractivity contribution in [2.45, 2.75) is 6.10 Å². The lowest BCUT2D eigenvalue weighted by Gasteiger charge is -2.15. The number of amides is 1. The quantitative estimate of drug-likeness (QED) is 0.287. The van der Waals surface area contributed by atoms with Gasteiger partial charge in [-0.1, -0.05) is 53.7 Å². The van der Waals surface area contributed by atoms with Crippen LogP contribution >= 0.6 is 0 Å². The molecule has 1 aliphatic rings. The van der Waals surface area contributed by atoms with Gasteiger partial charge in [-0.3, -0.25) is 10.3 Å². The maximum Gasteiger partial charge on any atom is 0.412 e. The summed E-state index contributed by atoms with van der Waals surface area (Å²) in [4.78, 5) is 16.4. The molecule has 0 bridgehead atoms. The van der Waals surface area contributed by atoms with E-state index < -0.39 is 12.2 Å². The number of hydrogen-bond acceptors (Lipinski definition) is 5. The summed E-state index contributed by atoms with van der Waals surface area (Å²) in [5, 5.41) is 14.2. The van der Waals surface area contributed by atoms with Gasteiger partial charge in [-0.05, 0) is 23.3 Å². The van der Waals surface area contributed by atoms with E-state index in [1.807, 2.05) is 48.5 Å². The highest BCUT2D eigenvalue weighted by Gasteiger charge is 2.31. The van der Waals surface area contributed by atoms with Crippen LogP contribution in [-0.4, -0.2) is 22.1 Å². The summed E-state index contributed by atoms with van der Waals surface area (Å²) >= 11 is 0. The first-order chi connectivity index (χ1) is 13.2. The molecule has 0 fully saturated rings. The number of carbonyl (C=O) groups excluding carboxylic acids is 1. The minimum atomic E-state index is -0.593. The van der Waals surface area contributed by atoms with E-state index in [2.05, 4.69) is 15.5 Å². The predicted octanol–water partition coefficient (Wildman–Crippen LogP) is 3.49. The molecule has 134 valence electrons. The van der Waals surface area contributed by atoms with Crippen molar-refractivity contribution in [3.05, 3.63) is 83.7 Å². The SMILES string of the molecule is N/C(=N\O)c1ccc(NC(=O)OC2c3ccccc3-c3ccccc32)cn1. The number of anilines is 1. The Labute approximate surface area is 155 Å². The highest BCUT2D eigenvalue weighted by Crippen LogP contribution is 2.45. The molecular formula is C20H16N4O3. The van der Waals surface area contributed by atoms with Gasteiger partial charge in [0.15, 0.2) is 11.9 Å². The highest BCUT2D eigenvalue weighted by molar-refractivity contribution is 5.95. The molecule has 1 aromatic heterocycles. The average Bonchev–Trinajstić information content (AvgIpc) is 3.02. The van der Waals surface area contributed by atoms with Crippen molar-refractivity contribution in [2.75, 3.05) is 5.32 Å². The van der Waals surface area contributed by atoms with Crippen LogP contribution in [0.3, 0.4) is 0 Å². The van der Waals surface area contributed by atoms with Gasteiger partial charge in [0.2, 0.25) is 0 Å². The molecule has 0 atom stereocenters. The second-order valence-electron chi connectivity index (χ2n) is 6.00. The molecule has 1 amide bonds. The van der Waals surface area contributed by atoms with Gasteiger partial charge in [0.1, 0.15) is 5.69 Å². The molecule has 1 aliphatic carbocycles. The fourth-order valence-electron chi connectivity index (χ4n) is 3.16. The molecule has 2 aromatic carbocycles. The number of carbonyl (C=O) groups is 1. The first-order valence-electron chi connectivity index (χ1n) is 8.27. The lowest BCUT2D eigenvalue weighted by atomic mass is 10.1. The van der Waals surface area contributed by atoms with E-state index in [9.17, 15) is 4.79 Å². The Balaban J connectivity index is 1.53. The highest BCUT2D eigenvalue weighted by atomic mass is 16.6. The first kappa shape index (κ1) is 16.6. The first-order valence-corrected chi connectivity index (χ1v) is 8.27. The fourth-order valence-corrected chi connectivity index (χ4v) is 3.16. The summed E-state index contributed by atoms with van der Waals surface area (Å²) in [6, 6.07) is 18.9. The predicted molar refractivity (Wildman–Crippen MR) is 101 cm³/mol. The molecule has 4 N–H and O–H groups in total. The van der Waals surface area contributed by atoms with Crippen LogP contribution in [0.2, 0.25) is 0 Å². The van der Waals surface area contributed by atoms with Gasteiger partial charge in [0.05, 0.1) is 11.9 Å². The zero-order chi connectivity index (χ0) is 18.8. The van der Waals surface area contributed by atoms with Crippen LogP contribution in [0.5, 0.6) is 0 Å². The van der Waals surface area contributed by atoms with Crippen molar-refractivity contribution in [1.29, 1.82) is 0 Å². The van der Waals surface area contributed by atoms with Crippen molar-refractivity contribution in [3.8, 4) is 11.1 Å². The van der Waals surface area contributed by atoms with E-state index in [4.69, 9.17) is 15.7 Å². The third-order valence-electron chi connectivity index (χ3n) is 4.38. The molecule has 4 rings (SSSR count). The Bertz CT molecular complexity index is 986. The Morgan fingerprint density at radius 2 is 1.67 bits per heavy atom. The molecule has 0 spiro atoms. The molecule has 0 saturated heterocycles. The Hall–Kier alpha value is -3.87. The molecule has 0 unspecified atom stereocenters. The molecule has 0 radical (unpaired) electrons. The topological polar surface area (TPSA) is 110 Å². The second-order valence-corrected chi connectivity index (χ2v) is 6.00. The molecule has 0 aliphatic heterocycles. The molecular weight excluding hydrogens is 344 g/mol. The number of amidine groups is 1. The summed E-state index contributed by atoms with van der Waals surface area (Å²) < 4.78 is 5.70. The number of aromatic nitrogens is 1. The minimum Gasteiger partial charge on any atom is -0.436 e. The maximum absolute atomic E-state index is 12.4. The lowest BCUT2D eigenvalue weighted by molar-refractivity contribution is 0.133. The summed E-state index contributed by atoms with van der Waals surface area (Å²) in [6.07, 6.45) is 0.345. The Morgan fingerprint density at radius 1 is 1.04 bits per heavy atom. The van der Waals surface area contributed by atoms with Gasteiger partial charge < -0.3 is 15.7 Å². The van der Waals surface area contributed by atoms with Crippen molar-refractivity contribution < 1.29 is 14.7 Å². The number of oxime groups is 1. The molecule has 7 nitrogen and oxygen atoms in total. The van der Waals surface area contributed by atoms with Gasteiger partial charge in [0, 0.05) is 11.1 Å². The van der Waals surface area contributed by atoms with Crippen LogP contribution in [0.25, 0.3) is 11.1 Å². The summed E-state index contributed by atoms with van der Waals surface area (Å²) in [5.41, 5.74) is 10.2. The van der Waals surface area contributed by atoms with Gasteiger partial charge in [0.25, 0.3) is 0 Å². The van der Waals surface area contributed by atoms with E-state index in [0.29, 0.717) is 11.4 Å². The summed E-state index contributed by atoms with van der Waals surface area (Å²) in [6.45, 7) is 0. The Morgan fingerprint density at radius 3 is 2.22 bits per heavy atom.